The summed E-state index contributed by atoms with van der Waals surface area (Å²) in [6, 6.07) is 9.89. The molecular formula is C13H12BrNO. The number of hydrogen-bond acceptors (Lipinski definition) is 2. The van der Waals surface area contributed by atoms with Gasteiger partial charge in [0.25, 0.3) is 0 Å². The zero-order valence-electron chi connectivity index (χ0n) is 9.20. The van der Waals surface area contributed by atoms with Crippen molar-refractivity contribution in [2.75, 3.05) is 0 Å². The van der Waals surface area contributed by atoms with Gasteiger partial charge < -0.3 is 4.74 Å². The van der Waals surface area contributed by atoms with E-state index >= 15 is 0 Å². The molecule has 1 aromatic heterocycles. The zero-order valence-corrected chi connectivity index (χ0v) is 10.8. The second-order valence-corrected chi connectivity index (χ2v) is 4.52. The summed E-state index contributed by atoms with van der Waals surface area (Å²) in [5.41, 5.74) is 2.27. The predicted octanol–water partition coefficient (Wildman–Crippen LogP) is 4.25. The molecule has 0 bridgehead atoms. The Labute approximate surface area is 103 Å². The number of pyridine rings is 1. The van der Waals surface area contributed by atoms with Crippen LogP contribution in [0.1, 0.15) is 11.1 Å². The van der Waals surface area contributed by atoms with Crippen molar-refractivity contribution in [3.05, 3.63) is 52.1 Å². The van der Waals surface area contributed by atoms with Crippen LogP contribution in [0.25, 0.3) is 0 Å². The Morgan fingerprint density at radius 3 is 2.75 bits per heavy atom. The van der Waals surface area contributed by atoms with Gasteiger partial charge in [-0.3, -0.25) is 0 Å². The largest absolute Gasteiger partial charge is 0.438 e. The van der Waals surface area contributed by atoms with E-state index < -0.39 is 0 Å². The number of rotatable bonds is 2. The first-order valence-corrected chi connectivity index (χ1v) is 5.82. The Morgan fingerprint density at radius 1 is 1.19 bits per heavy atom. The minimum Gasteiger partial charge on any atom is -0.438 e. The highest BCUT2D eigenvalue weighted by atomic mass is 79.9. The van der Waals surface area contributed by atoms with Crippen molar-refractivity contribution in [3.8, 4) is 11.6 Å². The number of nitrogens with zero attached hydrogens (tertiary/aromatic N) is 1. The van der Waals surface area contributed by atoms with Crippen LogP contribution in [0.3, 0.4) is 0 Å². The van der Waals surface area contributed by atoms with Gasteiger partial charge in [-0.2, -0.15) is 0 Å². The third-order valence-electron chi connectivity index (χ3n) is 2.27. The van der Waals surface area contributed by atoms with E-state index in [1.807, 2.05) is 38.1 Å². The molecule has 0 N–H and O–H groups in total. The number of hydrogen-bond donors (Lipinski definition) is 0. The van der Waals surface area contributed by atoms with Gasteiger partial charge in [0.2, 0.25) is 5.88 Å². The Kier molecular flexibility index (Phi) is 3.25. The van der Waals surface area contributed by atoms with Gasteiger partial charge in [-0.15, -0.1) is 0 Å². The molecule has 0 saturated heterocycles. The summed E-state index contributed by atoms with van der Waals surface area (Å²) >= 11 is 3.41. The van der Waals surface area contributed by atoms with E-state index in [1.165, 1.54) is 5.56 Å². The molecule has 3 heteroatoms. The van der Waals surface area contributed by atoms with Gasteiger partial charge >= 0.3 is 0 Å². The summed E-state index contributed by atoms with van der Waals surface area (Å²) < 4.78 is 6.62. The van der Waals surface area contributed by atoms with E-state index in [-0.39, 0.29) is 0 Å². The Bertz CT molecular complexity index is 511. The molecule has 0 spiro atoms. The molecule has 0 amide bonds. The second-order valence-electron chi connectivity index (χ2n) is 3.66. The molecule has 0 aliphatic rings. The summed E-state index contributed by atoms with van der Waals surface area (Å²) in [5.74, 6) is 1.44. The van der Waals surface area contributed by atoms with Crippen LogP contribution in [0.2, 0.25) is 0 Å². The smallest absolute Gasteiger partial charge is 0.233 e. The maximum atomic E-state index is 5.76. The van der Waals surface area contributed by atoms with Gasteiger partial charge in [-0.25, -0.2) is 4.98 Å². The first-order valence-electron chi connectivity index (χ1n) is 5.02. The van der Waals surface area contributed by atoms with Crippen LogP contribution in [0.15, 0.2) is 41.0 Å². The van der Waals surface area contributed by atoms with Gasteiger partial charge in [-0.1, -0.05) is 12.1 Å². The van der Waals surface area contributed by atoms with Gasteiger partial charge in [0, 0.05) is 6.20 Å². The van der Waals surface area contributed by atoms with Crippen LogP contribution in [0.5, 0.6) is 11.6 Å². The SMILES string of the molecule is Cc1ccc(C)c(Oc2ncccc2Br)c1. The van der Waals surface area contributed by atoms with Gasteiger partial charge in [0.1, 0.15) is 5.75 Å². The fourth-order valence-corrected chi connectivity index (χ4v) is 1.70. The van der Waals surface area contributed by atoms with E-state index in [0.29, 0.717) is 5.88 Å². The summed E-state index contributed by atoms with van der Waals surface area (Å²) in [7, 11) is 0. The van der Waals surface area contributed by atoms with Crippen LogP contribution in [-0.2, 0) is 0 Å². The monoisotopic (exact) mass is 277 g/mol. The molecule has 2 aromatic rings. The second kappa shape index (κ2) is 4.66. The lowest BCUT2D eigenvalue weighted by atomic mass is 10.1. The van der Waals surface area contributed by atoms with Crippen LogP contribution in [-0.4, -0.2) is 4.98 Å². The molecule has 0 fully saturated rings. The molecule has 0 radical (unpaired) electrons. The van der Waals surface area contributed by atoms with Gasteiger partial charge in [-0.05, 0) is 59.1 Å². The molecule has 0 aliphatic heterocycles. The minimum atomic E-state index is 0.594. The molecule has 2 rings (SSSR count). The highest BCUT2D eigenvalue weighted by molar-refractivity contribution is 9.10. The number of aromatic nitrogens is 1. The molecule has 16 heavy (non-hydrogen) atoms. The fourth-order valence-electron chi connectivity index (χ4n) is 1.37. The van der Waals surface area contributed by atoms with Gasteiger partial charge in [0.05, 0.1) is 4.47 Å². The maximum Gasteiger partial charge on any atom is 0.233 e. The average molecular weight is 278 g/mol. The Morgan fingerprint density at radius 2 is 2.00 bits per heavy atom. The van der Waals surface area contributed by atoms with Crippen molar-refractivity contribution in [3.63, 3.8) is 0 Å². The fraction of sp³-hybridized carbons (Fsp3) is 0.154. The standard InChI is InChI=1S/C13H12BrNO/c1-9-5-6-10(2)12(8-9)16-13-11(14)4-3-7-15-13/h3-8H,1-2H3. The van der Waals surface area contributed by atoms with Crippen molar-refractivity contribution < 1.29 is 4.74 Å². The lowest BCUT2D eigenvalue weighted by Crippen LogP contribution is -1.91. The van der Waals surface area contributed by atoms with E-state index in [1.54, 1.807) is 6.20 Å². The minimum absolute atomic E-state index is 0.594. The summed E-state index contributed by atoms with van der Waals surface area (Å²) in [6.07, 6.45) is 1.71. The maximum absolute atomic E-state index is 5.76. The molecule has 0 saturated carbocycles. The predicted molar refractivity (Wildman–Crippen MR) is 67.9 cm³/mol. The molecular weight excluding hydrogens is 266 g/mol. The van der Waals surface area contributed by atoms with Crippen molar-refractivity contribution in [2.24, 2.45) is 0 Å². The van der Waals surface area contributed by atoms with Crippen molar-refractivity contribution in [1.29, 1.82) is 0 Å². The highest BCUT2D eigenvalue weighted by Gasteiger charge is 2.05. The number of aryl methyl sites for hydroxylation is 2. The van der Waals surface area contributed by atoms with E-state index in [9.17, 15) is 0 Å². The summed E-state index contributed by atoms with van der Waals surface area (Å²) in [4.78, 5) is 4.18. The average Bonchev–Trinajstić information content (AvgIpc) is 2.27. The Balaban J connectivity index is 2.34. The number of ether oxygens (including phenoxy) is 1. The lowest BCUT2D eigenvalue weighted by Gasteiger charge is -2.09. The van der Waals surface area contributed by atoms with Crippen molar-refractivity contribution >= 4 is 15.9 Å². The van der Waals surface area contributed by atoms with E-state index in [2.05, 4.69) is 27.0 Å². The molecule has 0 unspecified atom stereocenters. The van der Waals surface area contributed by atoms with E-state index in [0.717, 1.165) is 15.8 Å². The van der Waals surface area contributed by atoms with Gasteiger partial charge in [0.15, 0.2) is 0 Å². The molecule has 82 valence electrons. The molecule has 2 nitrogen and oxygen atoms in total. The van der Waals surface area contributed by atoms with E-state index in [4.69, 9.17) is 4.74 Å². The third-order valence-corrected chi connectivity index (χ3v) is 2.88. The number of benzene rings is 1. The normalized spacial score (nSPS) is 10.2. The molecule has 0 aliphatic carbocycles. The third kappa shape index (κ3) is 2.42. The highest BCUT2D eigenvalue weighted by Crippen LogP contribution is 2.29. The van der Waals surface area contributed by atoms with Crippen LogP contribution >= 0.6 is 15.9 Å². The quantitative estimate of drug-likeness (QED) is 0.819. The van der Waals surface area contributed by atoms with Crippen molar-refractivity contribution in [1.82, 2.24) is 4.98 Å². The molecule has 1 aromatic carbocycles. The van der Waals surface area contributed by atoms with Crippen LogP contribution in [0.4, 0.5) is 0 Å². The number of halogens is 1. The van der Waals surface area contributed by atoms with Crippen LogP contribution in [0, 0.1) is 13.8 Å². The first-order chi connectivity index (χ1) is 7.66. The molecule has 0 atom stereocenters. The topological polar surface area (TPSA) is 22.1 Å². The Hall–Kier alpha value is -1.35. The summed E-state index contributed by atoms with van der Waals surface area (Å²) in [6.45, 7) is 4.06. The first kappa shape index (κ1) is 11.1. The summed E-state index contributed by atoms with van der Waals surface area (Å²) in [5, 5.41) is 0. The lowest BCUT2D eigenvalue weighted by molar-refractivity contribution is 0.456. The van der Waals surface area contributed by atoms with Crippen LogP contribution < -0.4 is 4.74 Å². The molecule has 1 heterocycles. The van der Waals surface area contributed by atoms with Crippen molar-refractivity contribution in [2.45, 2.75) is 13.8 Å². The zero-order chi connectivity index (χ0) is 11.5.